The second-order valence-corrected chi connectivity index (χ2v) is 8.26. The second kappa shape index (κ2) is 8.70. The highest BCUT2D eigenvalue weighted by Crippen LogP contribution is 2.36. The summed E-state index contributed by atoms with van der Waals surface area (Å²) in [6, 6.07) is 11.3. The molecule has 2 aliphatic heterocycles. The highest BCUT2D eigenvalue weighted by molar-refractivity contribution is 6.31. The summed E-state index contributed by atoms with van der Waals surface area (Å²) in [5.74, 6) is 0.836. The third-order valence-corrected chi connectivity index (χ3v) is 6.17. The molecule has 0 radical (unpaired) electrons. The predicted molar refractivity (Wildman–Crippen MR) is 112 cm³/mol. The van der Waals surface area contributed by atoms with Gasteiger partial charge in [-0.2, -0.15) is 0 Å². The molecule has 4 N–H and O–H groups in total. The van der Waals surface area contributed by atoms with Gasteiger partial charge in [0, 0.05) is 12.1 Å². The first-order valence-electron chi connectivity index (χ1n) is 9.94. The first-order chi connectivity index (χ1) is 14.4. The quantitative estimate of drug-likeness (QED) is 0.573. The minimum Gasteiger partial charge on any atom is -0.490 e. The molecule has 2 aromatic rings. The molecule has 5 atom stereocenters. The molecule has 2 aromatic carbocycles. The molecule has 1 fully saturated rings. The summed E-state index contributed by atoms with van der Waals surface area (Å²) in [6.45, 7) is 1.02. The fraction of sp³-hybridized carbons (Fsp3) is 0.455. The lowest BCUT2D eigenvalue weighted by Crippen LogP contribution is -2.55. The number of hydrogen-bond donors (Lipinski definition) is 4. The van der Waals surface area contributed by atoms with Crippen LogP contribution in [0.5, 0.6) is 5.75 Å². The molecular weight excluding hydrogens is 410 g/mol. The van der Waals surface area contributed by atoms with Crippen molar-refractivity contribution >= 4 is 17.3 Å². The molecule has 0 aromatic heterocycles. The molecular formula is C22H26ClNO6. The Hall–Kier alpha value is -1.87. The first-order valence-corrected chi connectivity index (χ1v) is 10.3. The van der Waals surface area contributed by atoms with Crippen molar-refractivity contribution in [1.29, 1.82) is 0 Å². The number of halogens is 1. The van der Waals surface area contributed by atoms with Crippen LogP contribution < -0.4 is 9.64 Å². The van der Waals surface area contributed by atoms with Crippen LogP contribution in [0.1, 0.15) is 22.8 Å². The Labute approximate surface area is 180 Å². The van der Waals surface area contributed by atoms with Crippen molar-refractivity contribution < 1.29 is 29.9 Å². The van der Waals surface area contributed by atoms with Gasteiger partial charge in [-0.15, -0.1) is 0 Å². The van der Waals surface area contributed by atoms with Crippen molar-refractivity contribution in [2.75, 3.05) is 31.7 Å². The van der Waals surface area contributed by atoms with Gasteiger partial charge >= 0.3 is 0 Å². The lowest BCUT2D eigenvalue weighted by atomic mass is 9.90. The largest absolute Gasteiger partial charge is 0.490 e. The zero-order chi connectivity index (χ0) is 21.4. The van der Waals surface area contributed by atoms with E-state index in [-0.39, 0.29) is 0 Å². The van der Waals surface area contributed by atoms with Crippen LogP contribution in [-0.4, -0.2) is 71.6 Å². The summed E-state index contributed by atoms with van der Waals surface area (Å²) in [4.78, 5) is 2.15. The van der Waals surface area contributed by atoms with Crippen LogP contribution >= 0.6 is 11.6 Å². The molecule has 0 amide bonds. The maximum atomic E-state index is 10.4. The highest BCUT2D eigenvalue weighted by Gasteiger charge is 2.44. The number of ether oxygens (including phenoxy) is 2. The Morgan fingerprint density at radius 1 is 1.07 bits per heavy atom. The Bertz CT molecular complexity index is 907. The fourth-order valence-corrected chi connectivity index (χ4v) is 4.20. The number of nitrogens with zero attached hydrogens (tertiary/aromatic N) is 1. The average molecular weight is 436 g/mol. The zero-order valence-electron chi connectivity index (χ0n) is 16.6. The molecule has 0 aliphatic carbocycles. The Morgan fingerprint density at radius 2 is 1.87 bits per heavy atom. The Kier molecular flexibility index (Phi) is 6.20. The minimum absolute atomic E-state index is 0.467. The van der Waals surface area contributed by atoms with Gasteiger partial charge in [0.1, 0.15) is 42.9 Å². The molecule has 0 bridgehead atoms. The summed E-state index contributed by atoms with van der Waals surface area (Å²) in [5.41, 5.74) is 3.51. The van der Waals surface area contributed by atoms with Gasteiger partial charge in [-0.3, -0.25) is 0 Å². The fourth-order valence-electron chi connectivity index (χ4n) is 4.02. The zero-order valence-corrected chi connectivity index (χ0v) is 17.4. The Balaban J connectivity index is 1.59. The molecule has 8 heteroatoms. The van der Waals surface area contributed by atoms with E-state index in [1.807, 2.05) is 31.3 Å². The van der Waals surface area contributed by atoms with E-state index in [2.05, 4.69) is 4.90 Å². The van der Waals surface area contributed by atoms with Crippen LogP contribution in [0, 0.1) is 0 Å². The minimum atomic E-state index is -1.42. The van der Waals surface area contributed by atoms with Gasteiger partial charge in [0.25, 0.3) is 0 Å². The first kappa shape index (κ1) is 21.4. The van der Waals surface area contributed by atoms with Gasteiger partial charge in [-0.05, 0) is 41.3 Å². The van der Waals surface area contributed by atoms with Gasteiger partial charge < -0.3 is 34.8 Å². The maximum absolute atomic E-state index is 10.4. The summed E-state index contributed by atoms with van der Waals surface area (Å²) in [5, 5.41) is 40.5. The van der Waals surface area contributed by atoms with E-state index < -0.39 is 37.1 Å². The molecule has 30 heavy (non-hydrogen) atoms. The third-order valence-electron chi connectivity index (χ3n) is 5.80. The van der Waals surface area contributed by atoms with E-state index in [1.54, 1.807) is 12.1 Å². The van der Waals surface area contributed by atoms with Gasteiger partial charge in [0.2, 0.25) is 0 Å². The SMILES string of the molecule is CN1CCOc2cc(Cc3cc([C@@H]4O[C@H](CO)[C@@H](O)[C@H](O)[C@H]4O)ccc3Cl)ccc21. The molecule has 2 heterocycles. The monoisotopic (exact) mass is 435 g/mol. The van der Waals surface area contributed by atoms with E-state index in [0.29, 0.717) is 23.6 Å². The lowest BCUT2D eigenvalue weighted by Gasteiger charge is -2.40. The number of likely N-dealkylation sites (N-methyl/N-ethyl adjacent to an activating group) is 1. The molecule has 0 saturated carbocycles. The van der Waals surface area contributed by atoms with Crippen LogP contribution in [0.25, 0.3) is 0 Å². The normalized spacial score (nSPS) is 28.7. The van der Waals surface area contributed by atoms with Crippen LogP contribution in [0.3, 0.4) is 0 Å². The molecule has 2 aliphatic rings. The molecule has 162 valence electrons. The smallest absolute Gasteiger partial charge is 0.142 e. The number of anilines is 1. The Morgan fingerprint density at radius 3 is 2.63 bits per heavy atom. The van der Waals surface area contributed by atoms with Gasteiger partial charge in [0.05, 0.1) is 18.8 Å². The number of hydrogen-bond acceptors (Lipinski definition) is 7. The summed E-state index contributed by atoms with van der Waals surface area (Å²) in [6.07, 6.45) is -5.44. The third kappa shape index (κ3) is 4.01. The summed E-state index contributed by atoms with van der Waals surface area (Å²) < 4.78 is 11.4. The number of rotatable bonds is 4. The van der Waals surface area contributed by atoms with E-state index >= 15 is 0 Å². The number of aliphatic hydroxyl groups excluding tert-OH is 4. The lowest BCUT2D eigenvalue weighted by molar-refractivity contribution is -0.231. The molecule has 0 unspecified atom stereocenters. The standard InChI is InChI=1S/C22H26ClNO6/c1-24-6-7-29-17-9-12(2-5-16(17)24)8-14-10-13(3-4-15(14)23)22-21(28)20(27)19(26)18(11-25)30-22/h2-5,9-10,18-22,25-28H,6-8,11H2,1H3/t18-,19-,20+,21-,22+/m1/s1. The van der Waals surface area contributed by atoms with Gasteiger partial charge in [0.15, 0.2) is 0 Å². The van der Waals surface area contributed by atoms with Crippen molar-refractivity contribution in [3.63, 3.8) is 0 Å². The van der Waals surface area contributed by atoms with Crippen molar-refractivity contribution in [1.82, 2.24) is 0 Å². The number of benzene rings is 2. The summed E-state index contributed by atoms with van der Waals surface area (Å²) in [7, 11) is 2.03. The van der Waals surface area contributed by atoms with Crippen molar-refractivity contribution in [3.8, 4) is 5.75 Å². The van der Waals surface area contributed by atoms with E-state index in [9.17, 15) is 20.4 Å². The van der Waals surface area contributed by atoms with Crippen LogP contribution in [0.15, 0.2) is 36.4 Å². The second-order valence-electron chi connectivity index (χ2n) is 7.85. The van der Waals surface area contributed by atoms with Crippen LogP contribution in [0.4, 0.5) is 5.69 Å². The van der Waals surface area contributed by atoms with Gasteiger partial charge in [-0.25, -0.2) is 0 Å². The number of aliphatic hydroxyl groups is 4. The van der Waals surface area contributed by atoms with E-state index in [1.165, 1.54) is 0 Å². The van der Waals surface area contributed by atoms with E-state index in [0.717, 1.165) is 29.1 Å². The van der Waals surface area contributed by atoms with Gasteiger partial charge in [-0.1, -0.05) is 29.8 Å². The summed E-state index contributed by atoms with van der Waals surface area (Å²) >= 11 is 6.42. The average Bonchev–Trinajstić information content (AvgIpc) is 2.74. The van der Waals surface area contributed by atoms with Crippen molar-refractivity contribution in [3.05, 3.63) is 58.1 Å². The van der Waals surface area contributed by atoms with Crippen LogP contribution in [-0.2, 0) is 11.2 Å². The number of fused-ring (bicyclic) bond motifs is 1. The maximum Gasteiger partial charge on any atom is 0.142 e. The van der Waals surface area contributed by atoms with Crippen LogP contribution in [0.2, 0.25) is 5.02 Å². The highest BCUT2D eigenvalue weighted by atomic mass is 35.5. The molecule has 4 rings (SSSR count). The topological polar surface area (TPSA) is 103 Å². The van der Waals surface area contributed by atoms with Crippen molar-refractivity contribution in [2.24, 2.45) is 0 Å². The van der Waals surface area contributed by atoms with E-state index in [4.69, 9.17) is 21.1 Å². The molecule has 0 spiro atoms. The van der Waals surface area contributed by atoms with Crippen molar-refractivity contribution in [2.45, 2.75) is 36.9 Å². The molecule has 1 saturated heterocycles. The molecule has 7 nitrogen and oxygen atoms in total. The predicted octanol–water partition coefficient (Wildman–Crippen LogP) is 1.27.